The number of aryl methyl sites for hydroxylation is 2. The lowest BCUT2D eigenvalue weighted by molar-refractivity contribution is -0.132. The van der Waals surface area contributed by atoms with Crippen LogP contribution in [0, 0.1) is 13.8 Å². The molecule has 0 atom stereocenters. The van der Waals surface area contributed by atoms with E-state index in [0.29, 0.717) is 19.0 Å². The van der Waals surface area contributed by atoms with Crippen LogP contribution in [0.5, 0.6) is 0 Å². The second kappa shape index (κ2) is 12.5. The van der Waals surface area contributed by atoms with Crippen molar-refractivity contribution in [1.82, 2.24) is 20.0 Å². The van der Waals surface area contributed by atoms with Crippen LogP contribution >= 0.6 is 24.0 Å². The van der Waals surface area contributed by atoms with Gasteiger partial charge in [-0.05, 0) is 39.7 Å². The van der Waals surface area contributed by atoms with Gasteiger partial charge in [0.15, 0.2) is 5.96 Å². The molecule has 3 heterocycles. The normalized spacial score (nSPS) is 18.7. The van der Waals surface area contributed by atoms with E-state index in [0.717, 1.165) is 81.7 Å². The molecule has 0 bridgehead atoms. The highest BCUT2D eigenvalue weighted by atomic mass is 127. The molecule has 1 aromatic rings. The molecule has 0 aromatic carbocycles. The first-order valence-corrected chi connectivity index (χ1v) is 11.2. The van der Waals surface area contributed by atoms with E-state index in [4.69, 9.17) is 9.41 Å². The van der Waals surface area contributed by atoms with Crippen LogP contribution in [0.4, 0.5) is 0 Å². The van der Waals surface area contributed by atoms with Gasteiger partial charge in [0.1, 0.15) is 11.5 Å². The van der Waals surface area contributed by atoms with Crippen molar-refractivity contribution in [3.63, 3.8) is 0 Å². The minimum absolute atomic E-state index is 0. The predicted molar refractivity (Wildman–Crippen MR) is 131 cm³/mol. The molecule has 2 saturated heterocycles. The zero-order chi connectivity index (χ0) is 20.6. The van der Waals surface area contributed by atoms with Gasteiger partial charge >= 0.3 is 0 Å². The van der Waals surface area contributed by atoms with Crippen molar-refractivity contribution in [1.29, 1.82) is 0 Å². The summed E-state index contributed by atoms with van der Waals surface area (Å²) in [5.74, 6) is 3.12. The predicted octanol–water partition coefficient (Wildman–Crippen LogP) is 3.00. The minimum atomic E-state index is 0. The molecule has 1 amide bonds. The molecule has 1 aromatic heterocycles. The Morgan fingerprint density at radius 1 is 1.03 bits per heavy atom. The first-order chi connectivity index (χ1) is 14.1. The van der Waals surface area contributed by atoms with Crippen molar-refractivity contribution in [3.05, 3.63) is 23.2 Å². The number of carbonyl (C=O) groups excluding carboxylic acids is 1. The van der Waals surface area contributed by atoms with Crippen molar-refractivity contribution in [2.45, 2.75) is 53.0 Å². The van der Waals surface area contributed by atoms with Gasteiger partial charge in [-0.3, -0.25) is 9.69 Å². The average Bonchev–Trinajstić information content (AvgIpc) is 2.90. The highest BCUT2D eigenvalue weighted by molar-refractivity contribution is 14.0. The smallest absolute Gasteiger partial charge is 0.236 e. The number of halogens is 1. The topological polar surface area (TPSA) is 64.3 Å². The third kappa shape index (κ3) is 7.14. The Kier molecular flexibility index (Phi) is 10.4. The number of hydrogen-bond donors (Lipinski definition) is 1. The van der Waals surface area contributed by atoms with E-state index < -0.39 is 0 Å². The fourth-order valence-electron chi connectivity index (χ4n) is 4.16. The van der Waals surface area contributed by atoms with Gasteiger partial charge in [0.25, 0.3) is 0 Å². The molecule has 8 heteroatoms. The van der Waals surface area contributed by atoms with Gasteiger partial charge in [-0.2, -0.15) is 0 Å². The standard InChI is InChI=1S/C22H37N5O2.HI/c1-4-23-22(24-16-20-15-18(2)29-19(20)3)27-13-11-25(12-14-27)17-21(28)26-9-7-5-6-8-10-26;/h15H,4-14,16-17H2,1-3H3,(H,23,24);1H. The largest absolute Gasteiger partial charge is 0.466 e. The summed E-state index contributed by atoms with van der Waals surface area (Å²) in [5.41, 5.74) is 1.14. The van der Waals surface area contributed by atoms with Crippen LogP contribution in [-0.2, 0) is 11.3 Å². The van der Waals surface area contributed by atoms with E-state index in [1.165, 1.54) is 12.8 Å². The highest BCUT2D eigenvalue weighted by Gasteiger charge is 2.23. The molecule has 0 radical (unpaired) electrons. The Morgan fingerprint density at radius 3 is 2.27 bits per heavy atom. The van der Waals surface area contributed by atoms with Crippen LogP contribution in [0.15, 0.2) is 15.5 Å². The van der Waals surface area contributed by atoms with Crippen molar-refractivity contribution in [2.24, 2.45) is 4.99 Å². The first-order valence-electron chi connectivity index (χ1n) is 11.2. The van der Waals surface area contributed by atoms with E-state index in [9.17, 15) is 4.79 Å². The quantitative estimate of drug-likeness (QED) is 0.360. The SMILES string of the molecule is CCNC(=NCc1cc(C)oc1C)N1CCN(CC(=O)N2CCCCCC2)CC1.I. The number of rotatable bonds is 5. The second-order valence-electron chi connectivity index (χ2n) is 8.17. The highest BCUT2D eigenvalue weighted by Crippen LogP contribution is 2.15. The number of nitrogens with zero attached hydrogens (tertiary/aromatic N) is 4. The molecule has 2 aliphatic rings. The second-order valence-corrected chi connectivity index (χ2v) is 8.17. The van der Waals surface area contributed by atoms with E-state index in [2.05, 4.69) is 33.0 Å². The van der Waals surface area contributed by atoms with E-state index >= 15 is 0 Å². The number of hydrogen-bond acceptors (Lipinski definition) is 4. The Labute approximate surface area is 198 Å². The number of aliphatic imine (C=N–C) groups is 1. The maximum atomic E-state index is 12.7. The van der Waals surface area contributed by atoms with Crippen LogP contribution < -0.4 is 5.32 Å². The number of carbonyl (C=O) groups is 1. The van der Waals surface area contributed by atoms with E-state index in [-0.39, 0.29) is 24.0 Å². The molecule has 0 saturated carbocycles. The first kappa shape index (κ1) is 25.0. The molecular weight excluding hydrogens is 493 g/mol. The number of furan rings is 1. The van der Waals surface area contributed by atoms with Crippen molar-refractivity contribution >= 4 is 35.8 Å². The summed E-state index contributed by atoms with van der Waals surface area (Å²) in [6, 6.07) is 2.06. The lowest BCUT2D eigenvalue weighted by Gasteiger charge is -2.37. The van der Waals surface area contributed by atoms with Crippen molar-refractivity contribution < 1.29 is 9.21 Å². The van der Waals surface area contributed by atoms with Crippen molar-refractivity contribution in [2.75, 3.05) is 52.4 Å². The van der Waals surface area contributed by atoms with E-state index in [1.807, 2.05) is 13.8 Å². The molecule has 2 fully saturated rings. The van der Waals surface area contributed by atoms with Gasteiger partial charge in [0.2, 0.25) is 5.91 Å². The average molecular weight is 531 g/mol. The maximum absolute atomic E-state index is 12.7. The van der Waals surface area contributed by atoms with Gasteiger partial charge in [-0.15, -0.1) is 24.0 Å². The summed E-state index contributed by atoms with van der Waals surface area (Å²) in [7, 11) is 0. The summed E-state index contributed by atoms with van der Waals surface area (Å²) in [4.78, 5) is 24.1. The fourth-order valence-corrected chi connectivity index (χ4v) is 4.16. The van der Waals surface area contributed by atoms with Crippen LogP contribution in [0.2, 0.25) is 0 Å². The molecule has 30 heavy (non-hydrogen) atoms. The molecule has 7 nitrogen and oxygen atoms in total. The lowest BCUT2D eigenvalue weighted by atomic mass is 10.2. The number of likely N-dealkylation sites (tertiary alicyclic amines) is 1. The zero-order valence-electron chi connectivity index (χ0n) is 18.8. The van der Waals surface area contributed by atoms with Gasteiger partial charge in [0.05, 0.1) is 13.1 Å². The molecule has 3 rings (SSSR count). The summed E-state index contributed by atoms with van der Waals surface area (Å²) in [5, 5.41) is 3.41. The number of amides is 1. The number of guanidine groups is 1. The van der Waals surface area contributed by atoms with Crippen LogP contribution in [0.25, 0.3) is 0 Å². The third-order valence-electron chi connectivity index (χ3n) is 5.87. The summed E-state index contributed by atoms with van der Waals surface area (Å²) >= 11 is 0. The molecule has 0 aliphatic carbocycles. The molecule has 0 spiro atoms. The summed E-state index contributed by atoms with van der Waals surface area (Å²) in [6.07, 6.45) is 4.81. The van der Waals surface area contributed by atoms with Crippen molar-refractivity contribution in [3.8, 4) is 0 Å². The number of nitrogens with one attached hydrogen (secondary N) is 1. The Morgan fingerprint density at radius 2 is 1.70 bits per heavy atom. The molecular formula is C22H38IN5O2. The monoisotopic (exact) mass is 531 g/mol. The zero-order valence-corrected chi connectivity index (χ0v) is 21.1. The molecule has 2 aliphatic heterocycles. The Bertz CT molecular complexity index is 690. The van der Waals surface area contributed by atoms with Gasteiger partial charge in [-0.1, -0.05) is 12.8 Å². The van der Waals surface area contributed by atoms with E-state index in [1.54, 1.807) is 0 Å². The summed E-state index contributed by atoms with van der Waals surface area (Å²) in [6.45, 7) is 13.5. The summed E-state index contributed by atoms with van der Waals surface area (Å²) < 4.78 is 5.62. The van der Waals surface area contributed by atoms with Crippen LogP contribution in [-0.4, -0.2) is 78.9 Å². The third-order valence-corrected chi connectivity index (χ3v) is 5.87. The van der Waals surface area contributed by atoms with Gasteiger partial charge in [0, 0.05) is 51.4 Å². The Hall–Kier alpha value is -1.29. The maximum Gasteiger partial charge on any atom is 0.236 e. The Balaban J connectivity index is 0.00000320. The number of piperazine rings is 1. The van der Waals surface area contributed by atoms with Crippen LogP contribution in [0.1, 0.15) is 49.7 Å². The molecule has 0 unspecified atom stereocenters. The molecule has 170 valence electrons. The minimum Gasteiger partial charge on any atom is -0.466 e. The fraction of sp³-hybridized carbons (Fsp3) is 0.727. The van der Waals surface area contributed by atoms with Crippen LogP contribution in [0.3, 0.4) is 0 Å². The lowest BCUT2D eigenvalue weighted by Crippen LogP contribution is -2.54. The molecule has 1 N–H and O–H groups in total. The van der Waals surface area contributed by atoms with Gasteiger partial charge < -0.3 is 19.5 Å². The van der Waals surface area contributed by atoms with Gasteiger partial charge in [-0.25, -0.2) is 4.99 Å².